The Balaban J connectivity index is 1.45. The Kier molecular flexibility index (Phi) is 7.37. The van der Waals surface area contributed by atoms with Crippen molar-refractivity contribution < 1.29 is 14.3 Å². The summed E-state index contributed by atoms with van der Waals surface area (Å²) >= 11 is 7.87. The zero-order chi connectivity index (χ0) is 25.1. The zero-order valence-electron chi connectivity index (χ0n) is 20.0. The van der Waals surface area contributed by atoms with Crippen molar-refractivity contribution in [3.63, 3.8) is 0 Å². The number of methoxy groups -OCH3 is 1. The lowest BCUT2D eigenvalue weighted by Crippen LogP contribution is -2.47. The third-order valence-corrected chi connectivity index (χ3v) is 7.92. The van der Waals surface area contributed by atoms with E-state index in [1.165, 1.54) is 4.88 Å². The summed E-state index contributed by atoms with van der Waals surface area (Å²) in [5.41, 5.74) is 2.74. The van der Waals surface area contributed by atoms with Crippen LogP contribution in [0.4, 0.5) is 0 Å². The number of fused-ring (bicyclic) bond motifs is 2. The molecule has 1 unspecified atom stereocenters. The molecule has 0 aliphatic carbocycles. The Hall–Kier alpha value is -3.19. The lowest BCUT2D eigenvalue weighted by molar-refractivity contribution is -0.134. The summed E-state index contributed by atoms with van der Waals surface area (Å²) in [7, 11) is 1.60. The number of hydrogen-bond acceptors (Lipinski definition) is 4. The van der Waals surface area contributed by atoms with Gasteiger partial charge in [0.05, 0.1) is 12.6 Å². The molecule has 0 radical (unpaired) electrons. The molecule has 7 heteroatoms. The Morgan fingerprint density at radius 2 is 1.83 bits per heavy atom. The molecule has 0 saturated carbocycles. The van der Waals surface area contributed by atoms with E-state index in [0.717, 1.165) is 28.3 Å². The predicted molar refractivity (Wildman–Crippen MR) is 145 cm³/mol. The largest absolute Gasteiger partial charge is 0.383 e. The van der Waals surface area contributed by atoms with Crippen molar-refractivity contribution in [1.82, 2.24) is 9.80 Å². The van der Waals surface area contributed by atoms with Gasteiger partial charge in [0, 0.05) is 35.7 Å². The second-order valence-electron chi connectivity index (χ2n) is 8.84. The molecule has 1 aliphatic rings. The van der Waals surface area contributed by atoms with E-state index >= 15 is 0 Å². The number of amides is 2. The molecule has 0 saturated heterocycles. The molecule has 0 N–H and O–H groups in total. The van der Waals surface area contributed by atoms with Gasteiger partial charge < -0.3 is 14.5 Å². The molecule has 36 heavy (non-hydrogen) atoms. The molecule has 3 aromatic carbocycles. The number of hydrogen-bond donors (Lipinski definition) is 0. The molecule has 1 atom stereocenters. The normalized spacial score (nSPS) is 15.1. The Morgan fingerprint density at radius 1 is 1.06 bits per heavy atom. The van der Waals surface area contributed by atoms with Crippen molar-refractivity contribution in [2.24, 2.45) is 0 Å². The third-order valence-electron chi connectivity index (χ3n) is 6.67. The summed E-state index contributed by atoms with van der Waals surface area (Å²) in [4.78, 5) is 32.3. The van der Waals surface area contributed by atoms with Crippen LogP contribution in [0.25, 0.3) is 10.8 Å². The lowest BCUT2D eigenvalue weighted by Gasteiger charge is -2.37. The van der Waals surface area contributed by atoms with Gasteiger partial charge in [0.15, 0.2) is 0 Å². The molecule has 2 amide bonds. The summed E-state index contributed by atoms with van der Waals surface area (Å²) in [5.74, 6) is -0.259. The highest BCUT2D eigenvalue weighted by atomic mass is 35.5. The fourth-order valence-electron chi connectivity index (χ4n) is 4.88. The maximum Gasteiger partial charge on any atom is 0.255 e. The first kappa shape index (κ1) is 24.5. The van der Waals surface area contributed by atoms with Crippen LogP contribution in [0.1, 0.15) is 32.4 Å². The predicted octanol–water partition coefficient (Wildman–Crippen LogP) is 5.82. The molecule has 5 nitrogen and oxygen atoms in total. The van der Waals surface area contributed by atoms with E-state index in [2.05, 4.69) is 11.4 Å². The van der Waals surface area contributed by atoms with E-state index in [9.17, 15) is 9.59 Å². The van der Waals surface area contributed by atoms with E-state index < -0.39 is 0 Å². The number of thiophene rings is 1. The van der Waals surface area contributed by atoms with E-state index in [-0.39, 0.29) is 24.4 Å². The van der Waals surface area contributed by atoms with Crippen LogP contribution in [0.2, 0.25) is 5.02 Å². The molecule has 0 spiro atoms. The molecular weight excluding hydrogens is 492 g/mol. The first-order chi connectivity index (χ1) is 17.6. The van der Waals surface area contributed by atoms with Crippen LogP contribution in [0.15, 0.2) is 78.2 Å². The quantitative estimate of drug-likeness (QED) is 0.310. The zero-order valence-corrected chi connectivity index (χ0v) is 21.6. The van der Waals surface area contributed by atoms with Gasteiger partial charge in [-0.05, 0) is 58.0 Å². The van der Waals surface area contributed by atoms with Gasteiger partial charge in [0.25, 0.3) is 5.91 Å². The Morgan fingerprint density at radius 3 is 2.64 bits per heavy atom. The summed E-state index contributed by atoms with van der Waals surface area (Å²) < 4.78 is 5.28. The summed E-state index contributed by atoms with van der Waals surface area (Å²) in [6.45, 7) is 1.25. The van der Waals surface area contributed by atoms with Crippen LogP contribution < -0.4 is 0 Å². The fraction of sp³-hybridized carbons (Fsp3) is 0.241. The van der Waals surface area contributed by atoms with Crippen LogP contribution in [0, 0.1) is 0 Å². The van der Waals surface area contributed by atoms with Gasteiger partial charge in [0.1, 0.15) is 6.54 Å². The SMILES string of the molecule is COCCN(CC(=O)N1CCc2sccc2C1c1ccc(Cl)cc1)C(=O)c1cccc2ccccc12. The van der Waals surface area contributed by atoms with Crippen LogP contribution in [-0.4, -0.2) is 55.0 Å². The molecule has 1 aromatic heterocycles. The molecule has 1 aliphatic heterocycles. The van der Waals surface area contributed by atoms with Gasteiger partial charge in [-0.1, -0.05) is 60.1 Å². The van der Waals surface area contributed by atoms with Gasteiger partial charge in [-0.25, -0.2) is 0 Å². The molecule has 5 rings (SSSR count). The third kappa shape index (κ3) is 4.89. The number of nitrogens with zero attached hydrogens (tertiary/aromatic N) is 2. The standard InChI is InChI=1S/C29H27ClN2O3S/c1-35-17-16-31(29(34)24-8-4-6-20-5-2-3-7-23(20)24)19-27(33)32-15-13-26-25(14-18-36-26)28(32)21-9-11-22(30)12-10-21/h2-12,14,18,28H,13,15-17,19H2,1H3. The first-order valence-corrected chi connectivity index (χ1v) is 13.2. The highest BCUT2D eigenvalue weighted by Gasteiger charge is 2.34. The minimum Gasteiger partial charge on any atom is -0.383 e. The van der Waals surface area contributed by atoms with E-state index in [4.69, 9.17) is 16.3 Å². The Bertz CT molecular complexity index is 1380. The number of rotatable bonds is 7. The van der Waals surface area contributed by atoms with Gasteiger partial charge in [-0.3, -0.25) is 9.59 Å². The summed E-state index contributed by atoms with van der Waals surface area (Å²) in [6.07, 6.45) is 0.804. The minimum atomic E-state index is -0.207. The number of carbonyl (C=O) groups excluding carboxylic acids is 2. The molecule has 2 heterocycles. The van der Waals surface area contributed by atoms with Crippen LogP contribution in [-0.2, 0) is 16.0 Å². The lowest BCUT2D eigenvalue weighted by atomic mass is 9.93. The topological polar surface area (TPSA) is 49.9 Å². The highest BCUT2D eigenvalue weighted by molar-refractivity contribution is 7.10. The smallest absolute Gasteiger partial charge is 0.255 e. The number of benzene rings is 3. The molecule has 184 valence electrons. The first-order valence-electron chi connectivity index (χ1n) is 11.9. The van der Waals surface area contributed by atoms with Crippen LogP contribution in [0.5, 0.6) is 0 Å². The summed E-state index contributed by atoms with van der Waals surface area (Å²) in [5, 5.41) is 4.60. The van der Waals surface area contributed by atoms with Gasteiger partial charge in [-0.15, -0.1) is 11.3 Å². The molecular formula is C29H27ClN2O3S. The highest BCUT2D eigenvalue weighted by Crippen LogP contribution is 2.38. The average Bonchev–Trinajstić information content (AvgIpc) is 3.39. The van der Waals surface area contributed by atoms with Crippen LogP contribution in [0.3, 0.4) is 0 Å². The van der Waals surface area contributed by atoms with Gasteiger partial charge >= 0.3 is 0 Å². The molecule has 4 aromatic rings. The van der Waals surface area contributed by atoms with Crippen molar-refractivity contribution in [3.8, 4) is 0 Å². The Labute approximate surface area is 219 Å². The van der Waals surface area contributed by atoms with Gasteiger partial charge in [-0.2, -0.15) is 0 Å². The van der Waals surface area contributed by atoms with Crippen molar-refractivity contribution in [2.45, 2.75) is 12.5 Å². The maximum absolute atomic E-state index is 13.8. The van der Waals surface area contributed by atoms with E-state index in [1.807, 2.05) is 71.6 Å². The minimum absolute atomic E-state index is 0.0189. The second kappa shape index (κ2) is 10.8. The number of carbonyl (C=O) groups is 2. The van der Waals surface area contributed by atoms with Crippen molar-refractivity contribution in [2.75, 3.05) is 33.4 Å². The monoisotopic (exact) mass is 518 g/mol. The molecule has 0 fully saturated rings. The number of halogens is 1. The average molecular weight is 519 g/mol. The van der Waals surface area contributed by atoms with Crippen molar-refractivity contribution in [1.29, 1.82) is 0 Å². The fourth-order valence-corrected chi connectivity index (χ4v) is 5.91. The molecule has 0 bridgehead atoms. The summed E-state index contributed by atoms with van der Waals surface area (Å²) in [6, 6.07) is 23.1. The van der Waals surface area contributed by atoms with E-state index in [0.29, 0.717) is 30.3 Å². The maximum atomic E-state index is 13.8. The second-order valence-corrected chi connectivity index (χ2v) is 10.3. The van der Waals surface area contributed by atoms with Crippen LogP contribution >= 0.6 is 22.9 Å². The van der Waals surface area contributed by atoms with Crippen molar-refractivity contribution in [3.05, 3.63) is 105 Å². The van der Waals surface area contributed by atoms with E-state index in [1.54, 1.807) is 23.3 Å². The van der Waals surface area contributed by atoms with Gasteiger partial charge in [0.2, 0.25) is 5.91 Å². The number of ether oxygens (including phenoxy) is 1. The van der Waals surface area contributed by atoms with Crippen molar-refractivity contribution >= 4 is 45.5 Å².